The molecule has 0 bridgehead atoms. The summed E-state index contributed by atoms with van der Waals surface area (Å²) in [7, 11) is 0. The predicted molar refractivity (Wildman–Crippen MR) is 138 cm³/mol. The maximum atomic E-state index is 13.0. The van der Waals surface area contributed by atoms with Crippen molar-refractivity contribution in [2.24, 2.45) is 10.9 Å². The van der Waals surface area contributed by atoms with Crippen molar-refractivity contribution in [2.75, 3.05) is 5.32 Å². The highest BCUT2D eigenvalue weighted by Crippen LogP contribution is 2.40. The third-order valence-corrected chi connectivity index (χ3v) is 6.02. The summed E-state index contributed by atoms with van der Waals surface area (Å²) in [6.45, 7) is 9.51. The van der Waals surface area contributed by atoms with Crippen LogP contribution >= 0.6 is 0 Å². The van der Waals surface area contributed by atoms with Gasteiger partial charge in [0.2, 0.25) is 0 Å². The lowest BCUT2D eigenvalue weighted by Crippen LogP contribution is -2.27. The molecule has 2 atom stereocenters. The lowest BCUT2D eigenvalue weighted by atomic mass is 9.76. The first-order chi connectivity index (χ1) is 17.1. The number of ether oxygens (including phenoxy) is 1. The van der Waals surface area contributed by atoms with Crippen molar-refractivity contribution in [1.82, 2.24) is 9.78 Å². The van der Waals surface area contributed by atoms with Gasteiger partial charge in [-0.05, 0) is 57.9 Å². The van der Waals surface area contributed by atoms with Crippen molar-refractivity contribution in [3.05, 3.63) is 70.9 Å². The van der Waals surface area contributed by atoms with Gasteiger partial charge in [0.25, 0.3) is 0 Å². The lowest BCUT2D eigenvalue weighted by Gasteiger charge is -2.26. The van der Waals surface area contributed by atoms with E-state index in [4.69, 9.17) is 4.74 Å². The number of anilines is 1. The fourth-order valence-electron chi connectivity index (χ4n) is 4.39. The molecule has 182 valence electrons. The van der Waals surface area contributed by atoms with Crippen LogP contribution in [0.5, 0.6) is 0 Å². The monoisotopic (exact) mass is 480 g/mol. The van der Waals surface area contributed by atoms with E-state index in [1.807, 2.05) is 49.4 Å². The van der Waals surface area contributed by atoms with E-state index in [0.29, 0.717) is 40.2 Å². The molecule has 0 fully saturated rings. The molecule has 0 saturated carbocycles. The molecule has 2 unspecified atom stereocenters. The van der Waals surface area contributed by atoms with Gasteiger partial charge in [0, 0.05) is 23.6 Å². The number of hydrogen-bond acceptors (Lipinski definition) is 7. The highest BCUT2D eigenvalue weighted by atomic mass is 16.6. The second kappa shape index (κ2) is 9.67. The molecule has 0 amide bonds. The Morgan fingerprint density at radius 3 is 2.50 bits per heavy atom. The quantitative estimate of drug-likeness (QED) is 0.495. The molecule has 4 rings (SSSR count). The van der Waals surface area contributed by atoms with Gasteiger partial charge in [0.15, 0.2) is 5.82 Å². The number of aliphatic imine (C=N–C) groups is 1. The Kier molecular flexibility index (Phi) is 6.63. The minimum absolute atomic E-state index is 0.463. The van der Waals surface area contributed by atoms with Crippen LogP contribution in [0.1, 0.15) is 51.7 Å². The van der Waals surface area contributed by atoms with E-state index in [9.17, 15) is 15.3 Å². The zero-order chi connectivity index (χ0) is 26.0. The summed E-state index contributed by atoms with van der Waals surface area (Å²) in [6.07, 6.45) is -0.586. The Morgan fingerprint density at radius 2 is 1.86 bits per heavy atom. The average molecular weight is 481 g/mol. The van der Waals surface area contributed by atoms with Gasteiger partial charge in [-0.15, -0.1) is 5.10 Å². The molecule has 3 aromatic rings. The third kappa shape index (κ3) is 4.85. The van der Waals surface area contributed by atoms with E-state index in [0.717, 1.165) is 11.1 Å². The summed E-state index contributed by atoms with van der Waals surface area (Å²) in [5.41, 5.74) is 3.47. The zero-order valence-electron chi connectivity index (χ0n) is 21.0. The number of carbonyl (C=O) groups is 1. The number of hydrogen-bond donors (Lipinski definition) is 1. The van der Waals surface area contributed by atoms with Crippen molar-refractivity contribution >= 4 is 28.5 Å². The number of fused-ring (bicyclic) bond motifs is 1. The molecule has 8 nitrogen and oxygen atoms in total. The molecule has 2 heterocycles. The van der Waals surface area contributed by atoms with Crippen LogP contribution in [0.4, 0.5) is 10.6 Å². The van der Waals surface area contributed by atoms with E-state index < -0.39 is 23.5 Å². The average Bonchev–Trinajstić information content (AvgIpc) is 3.20. The van der Waals surface area contributed by atoms with Gasteiger partial charge in [0.05, 0.1) is 34.8 Å². The van der Waals surface area contributed by atoms with Gasteiger partial charge >= 0.3 is 6.09 Å². The van der Waals surface area contributed by atoms with E-state index in [1.54, 1.807) is 33.8 Å². The molecular weight excluding hydrogens is 452 g/mol. The molecule has 1 aliphatic heterocycles. The van der Waals surface area contributed by atoms with Crippen LogP contribution in [-0.2, 0) is 11.3 Å². The molecule has 0 spiro atoms. The molecule has 8 heteroatoms. The normalized spacial score (nSPS) is 17.8. The van der Waals surface area contributed by atoms with Gasteiger partial charge in [0.1, 0.15) is 5.60 Å². The fourth-order valence-corrected chi connectivity index (χ4v) is 4.39. The lowest BCUT2D eigenvalue weighted by molar-refractivity contribution is 0.0523. The maximum Gasteiger partial charge on any atom is 0.435 e. The van der Waals surface area contributed by atoms with E-state index >= 15 is 0 Å². The molecular formula is C28H28N6O2. The number of benzene rings is 2. The Hall–Kier alpha value is -4.43. The van der Waals surface area contributed by atoms with E-state index in [2.05, 4.69) is 27.5 Å². The van der Waals surface area contributed by atoms with E-state index in [-0.39, 0.29) is 0 Å². The molecule has 0 aliphatic carbocycles. The number of nitriles is 2. The number of carbonyl (C=O) groups excluding carboxylic acids is 1. The summed E-state index contributed by atoms with van der Waals surface area (Å²) >= 11 is 0. The first kappa shape index (κ1) is 24.7. The molecule has 0 radical (unpaired) electrons. The molecule has 1 aliphatic rings. The molecule has 2 aromatic carbocycles. The second-order valence-corrected chi connectivity index (χ2v) is 9.81. The zero-order valence-corrected chi connectivity index (χ0v) is 21.0. The van der Waals surface area contributed by atoms with Crippen molar-refractivity contribution in [3.63, 3.8) is 0 Å². The first-order valence-corrected chi connectivity index (χ1v) is 11.7. The topological polar surface area (TPSA) is 116 Å². The van der Waals surface area contributed by atoms with Gasteiger partial charge in [-0.2, -0.15) is 15.2 Å². The number of allylic oxidation sites excluding steroid dienone is 2. The predicted octanol–water partition coefficient (Wildman–Crippen LogP) is 5.93. The van der Waals surface area contributed by atoms with Crippen LogP contribution in [0.15, 0.2) is 64.8 Å². The Balaban J connectivity index is 1.83. The Morgan fingerprint density at radius 1 is 1.14 bits per heavy atom. The molecule has 36 heavy (non-hydrogen) atoms. The smallest absolute Gasteiger partial charge is 0.435 e. The second-order valence-electron chi connectivity index (χ2n) is 9.81. The van der Waals surface area contributed by atoms with Crippen LogP contribution < -0.4 is 5.32 Å². The van der Waals surface area contributed by atoms with Crippen molar-refractivity contribution in [3.8, 4) is 12.1 Å². The first-order valence-electron chi connectivity index (χ1n) is 11.7. The highest BCUT2D eigenvalue weighted by Gasteiger charge is 2.34. The fraction of sp³-hybridized carbons (Fsp3) is 0.321. The van der Waals surface area contributed by atoms with Gasteiger partial charge < -0.3 is 10.1 Å². The summed E-state index contributed by atoms with van der Waals surface area (Å²) in [5.74, 6) is -0.522. The maximum absolute atomic E-state index is 13.0. The standard InChI is InChI=1S/C28H28N6O2/c1-17-22(14-29)25(23(15-30)18(2)32-17)20-11-12-24-21(13-20)26(31-16-19-9-7-6-8-10-19)33-34(24)27(35)36-28(3,4)5/h6-13,22,25H,16H2,1-5H3,(H,31,33). The Labute approximate surface area is 210 Å². The van der Waals surface area contributed by atoms with Gasteiger partial charge in [-0.1, -0.05) is 36.4 Å². The third-order valence-electron chi connectivity index (χ3n) is 6.02. The molecule has 0 saturated heterocycles. The molecule has 1 aromatic heterocycles. The van der Waals surface area contributed by atoms with Crippen molar-refractivity contribution in [1.29, 1.82) is 10.5 Å². The summed E-state index contributed by atoms with van der Waals surface area (Å²) in [6, 6.07) is 20.0. The van der Waals surface area contributed by atoms with Crippen LogP contribution in [0, 0.1) is 28.6 Å². The molecule has 1 N–H and O–H groups in total. The highest BCUT2D eigenvalue weighted by molar-refractivity contribution is 5.97. The number of nitrogens with zero attached hydrogens (tertiary/aromatic N) is 5. The van der Waals surface area contributed by atoms with Crippen molar-refractivity contribution in [2.45, 2.75) is 52.7 Å². The van der Waals surface area contributed by atoms with Crippen LogP contribution in [0.2, 0.25) is 0 Å². The summed E-state index contributed by atoms with van der Waals surface area (Å²) < 4.78 is 6.83. The summed E-state index contributed by atoms with van der Waals surface area (Å²) in [4.78, 5) is 17.4. The van der Waals surface area contributed by atoms with Crippen LogP contribution in [0.25, 0.3) is 10.9 Å². The van der Waals surface area contributed by atoms with Gasteiger partial charge in [-0.3, -0.25) is 4.99 Å². The number of rotatable bonds is 4. The van der Waals surface area contributed by atoms with Crippen LogP contribution in [0.3, 0.4) is 0 Å². The number of aromatic nitrogens is 2. The van der Waals surface area contributed by atoms with Crippen LogP contribution in [-0.4, -0.2) is 27.2 Å². The SMILES string of the molecule is CC1=NC(C)=C(C#N)C(c2ccc3c(c2)c(NCc2ccccc2)nn3C(=O)OC(C)(C)C)C1C#N. The van der Waals surface area contributed by atoms with Gasteiger partial charge in [-0.25, -0.2) is 4.79 Å². The summed E-state index contributed by atoms with van der Waals surface area (Å²) in [5, 5.41) is 28.4. The minimum Gasteiger partial charge on any atom is -0.442 e. The Bertz CT molecular complexity index is 1460. The largest absolute Gasteiger partial charge is 0.442 e. The minimum atomic E-state index is -0.685. The van der Waals surface area contributed by atoms with Crippen molar-refractivity contribution < 1.29 is 9.53 Å². The number of nitrogens with one attached hydrogen (secondary N) is 1. The van der Waals surface area contributed by atoms with E-state index in [1.165, 1.54) is 4.68 Å².